The molecule has 1 heterocycles. The minimum Gasteiger partial charge on any atom is -0.315 e. The molecule has 1 aromatic rings. The second-order valence-electron chi connectivity index (χ2n) is 5.27. The Hall–Kier alpha value is -1.77. The van der Waals surface area contributed by atoms with Crippen molar-refractivity contribution in [3.05, 3.63) is 29.3 Å². The van der Waals surface area contributed by atoms with Crippen LogP contribution < -0.4 is 5.48 Å². The Morgan fingerprint density at radius 2 is 2.00 bits per heavy atom. The zero-order valence-electron chi connectivity index (χ0n) is 12.2. The first-order valence-corrected chi connectivity index (χ1v) is 8.10. The molecule has 0 spiro atoms. The van der Waals surface area contributed by atoms with Crippen LogP contribution in [-0.4, -0.2) is 49.1 Å². The van der Waals surface area contributed by atoms with Crippen LogP contribution in [0.4, 0.5) is 0 Å². The third-order valence-electron chi connectivity index (χ3n) is 3.52. The van der Waals surface area contributed by atoms with Crippen molar-refractivity contribution in [3.63, 3.8) is 0 Å². The van der Waals surface area contributed by atoms with E-state index in [1.54, 1.807) is 19.1 Å². The van der Waals surface area contributed by atoms with Crippen LogP contribution in [0, 0.1) is 6.92 Å². The Morgan fingerprint density at radius 3 is 2.48 bits per heavy atom. The van der Waals surface area contributed by atoms with Gasteiger partial charge in [-0.25, -0.2) is 13.4 Å². The number of sulfone groups is 1. The Kier molecular flexibility index (Phi) is 3.64. The SMILES string of the molecule is Cc1cc(C2=NN(C)C(=O)C2(C)NO)ccc1S(C)(=O)=O. The molecule has 21 heavy (non-hydrogen) atoms. The minimum absolute atomic E-state index is 0.225. The number of amides is 1. The number of hydroxylamine groups is 1. The summed E-state index contributed by atoms with van der Waals surface area (Å²) in [4.78, 5) is 12.3. The molecule has 1 amide bonds. The average molecular weight is 311 g/mol. The summed E-state index contributed by atoms with van der Waals surface area (Å²) in [6.07, 6.45) is 1.14. The topological polar surface area (TPSA) is 99.1 Å². The number of rotatable bonds is 3. The van der Waals surface area contributed by atoms with Gasteiger partial charge in [0.05, 0.1) is 10.6 Å². The maximum absolute atomic E-state index is 12.0. The van der Waals surface area contributed by atoms with Crippen LogP contribution in [-0.2, 0) is 14.6 Å². The van der Waals surface area contributed by atoms with Crippen molar-refractivity contribution in [2.24, 2.45) is 5.10 Å². The van der Waals surface area contributed by atoms with Gasteiger partial charge >= 0.3 is 0 Å². The first-order valence-electron chi connectivity index (χ1n) is 6.21. The minimum atomic E-state index is -3.31. The van der Waals surface area contributed by atoms with Gasteiger partial charge in [0, 0.05) is 18.9 Å². The maximum Gasteiger partial charge on any atom is 0.270 e. The molecule has 1 aliphatic heterocycles. The van der Waals surface area contributed by atoms with Gasteiger partial charge in [0.15, 0.2) is 15.4 Å². The van der Waals surface area contributed by atoms with Crippen molar-refractivity contribution in [3.8, 4) is 0 Å². The summed E-state index contributed by atoms with van der Waals surface area (Å²) in [6, 6.07) is 4.69. The van der Waals surface area contributed by atoms with E-state index < -0.39 is 21.3 Å². The summed E-state index contributed by atoms with van der Waals surface area (Å²) in [5, 5.41) is 14.6. The molecule has 0 saturated heterocycles. The van der Waals surface area contributed by atoms with Crippen LogP contribution in [0.25, 0.3) is 0 Å². The van der Waals surface area contributed by atoms with E-state index in [0.29, 0.717) is 16.8 Å². The van der Waals surface area contributed by atoms with Crippen LogP contribution in [0.15, 0.2) is 28.2 Å². The standard InChI is InChI=1S/C13H17N3O4S/c1-8-7-9(5-6-10(8)21(4,19)20)11-13(2,15-18)12(17)16(3)14-11/h5-7,15,18H,1-4H3. The lowest BCUT2D eigenvalue weighted by Crippen LogP contribution is -2.53. The van der Waals surface area contributed by atoms with Crippen molar-refractivity contribution >= 4 is 21.5 Å². The van der Waals surface area contributed by atoms with Gasteiger partial charge in [-0.05, 0) is 31.5 Å². The monoisotopic (exact) mass is 311 g/mol. The third kappa shape index (κ3) is 2.45. The summed E-state index contributed by atoms with van der Waals surface area (Å²) in [5.41, 5.74) is 2.10. The fourth-order valence-corrected chi connectivity index (χ4v) is 3.34. The van der Waals surface area contributed by atoms with Crippen molar-refractivity contribution < 1.29 is 18.4 Å². The number of likely N-dealkylation sites (N-methyl/N-ethyl adjacent to an activating group) is 1. The molecule has 0 fully saturated rings. The molecular formula is C13H17N3O4S. The van der Waals surface area contributed by atoms with E-state index in [0.717, 1.165) is 11.3 Å². The second-order valence-corrected chi connectivity index (χ2v) is 7.25. The molecule has 1 aliphatic rings. The van der Waals surface area contributed by atoms with Gasteiger partial charge in [0.1, 0.15) is 0 Å². The van der Waals surface area contributed by atoms with Crippen molar-refractivity contribution in [2.75, 3.05) is 13.3 Å². The molecule has 8 heteroatoms. The van der Waals surface area contributed by atoms with Crippen molar-refractivity contribution in [2.45, 2.75) is 24.3 Å². The second kappa shape index (κ2) is 4.90. The number of hydrogen-bond acceptors (Lipinski definition) is 6. The van der Waals surface area contributed by atoms with Gasteiger partial charge in [0.25, 0.3) is 5.91 Å². The number of hydrogen-bond donors (Lipinski definition) is 2. The normalized spacial score (nSPS) is 22.6. The van der Waals surface area contributed by atoms with Gasteiger partial charge < -0.3 is 5.21 Å². The molecule has 1 aromatic carbocycles. The van der Waals surface area contributed by atoms with Gasteiger partial charge in [-0.2, -0.15) is 10.6 Å². The molecule has 2 rings (SSSR count). The number of nitrogens with zero attached hydrogens (tertiary/aromatic N) is 2. The Morgan fingerprint density at radius 1 is 1.38 bits per heavy atom. The Bertz CT molecular complexity index is 742. The highest BCUT2D eigenvalue weighted by molar-refractivity contribution is 7.90. The number of benzene rings is 1. The Labute approximate surface area is 123 Å². The summed E-state index contributed by atoms with van der Waals surface area (Å²) in [7, 11) is -1.82. The van der Waals surface area contributed by atoms with Gasteiger partial charge in [-0.15, -0.1) is 0 Å². The molecule has 1 atom stereocenters. The quantitative estimate of drug-likeness (QED) is 0.783. The highest BCUT2D eigenvalue weighted by atomic mass is 32.2. The summed E-state index contributed by atoms with van der Waals surface area (Å²) in [5.74, 6) is -0.398. The highest BCUT2D eigenvalue weighted by Crippen LogP contribution is 2.26. The summed E-state index contributed by atoms with van der Waals surface area (Å²) < 4.78 is 23.3. The molecular weight excluding hydrogens is 294 g/mol. The Balaban J connectivity index is 2.56. The predicted molar refractivity (Wildman–Crippen MR) is 76.9 cm³/mol. The number of carbonyl (C=O) groups is 1. The molecule has 7 nitrogen and oxygen atoms in total. The van der Waals surface area contributed by atoms with E-state index in [1.165, 1.54) is 20.0 Å². The molecule has 0 aliphatic carbocycles. The van der Waals surface area contributed by atoms with E-state index in [2.05, 4.69) is 5.10 Å². The lowest BCUT2D eigenvalue weighted by molar-refractivity contribution is -0.134. The molecule has 114 valence electrons. The predicted octanol–water partition coefficient (Wildman–Crippen LogP) is 0.312. The number of nitrogens with one attached hydrogen (secondary N) is 1. The van der Waals surface area contributed by atoms with Gasteiger partial charge in [-0.3, -0.25) is 4.79 Å². The number of carbonyl (C=O) groups excluding carboxylic acids is 1. The van der Waals surface area contributed by atoms with Gasteiger partial charge in [0.2, 0.25) is 0 Å². The fraction of sp³-hybridized carbons (Fsp3) is 0.385. The molecule has 1 unspecified atom stereocenters. The zero-order chi connectivity index (χ0) is 16.0. The molecule has 0 radical (unpaired) electrons. The summed E-state index contributed by atoms with van der Waals surface area (Å²) >= 11 is 0. The van der Waals surface area contributed by atoms with Crippen LogP contribution in [0.5, 0.6) is 0 Å². The molecule has 2 N–H and O–H groups in total. The smallest absolute Gasteiger partial charge is 0.270 e. The lowest BCUT2D eigenvalue weighted by Gasteiger charge is -2.22. The summed E-state index contributed by atoms with van der Waals surface area (Å²) in [6.45, 7) is 3.18. The van der Waals surface area contributed by atoms with Crippen molar-refractivity contribution in [1.29, 1.82) is 0 Å². The molecule has 0 saturated carbocycles. The van der Waals surface area contributed by atoms with E-state index in [-0.39, 0.29) is 4.90 Å². The van der Waals surface area contributed by atoms with E-state index >= 15 is 0 Å². The van der Waals surface area contributed by atoms with E-state index in [9.17, 15) is 18.4 Å². The maximum atomic E-state index is 12.0. The largest absolute Gasteiger partial charge is 0.315 e. The first kappa shape index (κ1) is 15.6. The zero-order valence-corrected chi connectivity index (χ0v) is 13.0. The third-order valence-corrected chi connectivity index (χ3v) is 4.77. The van der Waals surface area contributed by atoms with Crippen LogP contribution >= 0.6 is 0 Å². The highest BCUT2D eigenvalue weighted by Gasteiger charge is 2.46. The van der Waals surface area contributed by atoms with Crippen LogP contribution in [0.2, 0.25) is 0 Å². The van der Waals surface area contributed by atoms with E-state index in [4.69, 9.17) is 0 Å². The first-order chi connectivity index (χ1) is 9.61. The average Bonchev–Trinajstić information content (AvgIpc) is 2.62. The molecule has 0 aromatic heterocycles. The van der Waals surface area contributed by atoms with Crippen molar-refractivity contribution in [1.82, 2.24) is 10.5 Å². The molecule has 0 bridgehead atoms. The van der Waals surface area contributed by atoms with Gasteiger partial charge in [-0.1, -0.05) is 6.07 Å². The number of hydrazone groups is 1. The fourth-order valence-electron chi connectivity index (χ4n) is 2.38. The lowest BCUT2D eigenvalue weighted by atomic mass is 9.90. The van der Waals surface area contributed by atoms with Crippen LogP contribution in [0.3, 0.4) is 0 Å². The number of aryl methyl sites for hydroxylation is 1. The van der Waals surface area contributed by atoms with E-state index in [1.807, 2.05) is 5.48 Å². The van der Waals surface area contributed by atoms with Crippen LogP contribution in [0.1, 0.15) is 18.1 Å².